The molecule has 6 nitrogen and oxygen atoms in total. The lowest BCUT2D eigenvalue weighted by Gasteiger charge is -2.01. The highest BCUT2D eigenvalue weighted by Gasteiger charge is 2.03. The number of rotatable bonds is 5. The highest BCUT2D eigenvalue weighted by Crippen LogP contribution is 2.14. The fourth-order valence-corrected chi connectivity index (χ4v) is 2.08. The van der Waals surface area contributed by atoms with E-state index >= 15 is 0 Å². The second-order valence-corrected chi connectivity index (χ2v) is 4.47. The van der Waals surface area contributed by atoms with Gasteiger partial charge in [-0.2, -0.15) is 5.10 Å². The largest absolute Gasteiger partial charge is 0.346 e. The number of aromatic amines is 1. The zero-order valence-electron chi connectivity index (χ0n) is 10.8. The van der Waals surface area contributed by atoms with Crippen LogP contribution >= 0.6 is 0 Å². The molecule has 0 unspecified atom stereocenters. The summed E-state index contributed by atoms with van der Waals surface area (Å²) < 4.78 is 1.72. The van der Waals surface area contributed by atoms with Crippen LogP contribution in [0.4, 0.5) is 0 Å². The maximum Gasteiger partial charge on any atom is 0.151 e. The first-order chi connectivity index (χ1) is 9.33. The van der Waals surface area contributed by atoms with E-state index in [1.165, 1.54) is 10.9 Å². The Labute approximate surface area is 110 Å². The van der Waals surface area contributed by atoms with Gasteiger partial charge in [0, 0.05) is 44.3 Å². The molecule has 0 radical (unpaired) electrons. The highest BCUT2D eigenvalue weighted by molar-refractivity contribution is 5.79. The average Bonchev–Trinajstić information content (AvgIpc) is 3.02. The first-order valence-electron chi connectivity index (χ1n) is 6.29. The molecule has 0 aromatic carbocycles. The van der Waals surface area contributed by atoms with Crippen molar-refractivity contribution in [2.75, 3.05) is 6.54 Å². The van der Waals surface area contributed by atoms with Crippen molar-refractivity contribution in [3.63, 3.8) is 0 Å². The topological polar surface area (TPSA) is 71.4 Å². The lowest BCUT2D eigenvalue weighted by Crippen LogP contribution is -2.17. The monoisotopic (exact) mass is 256 g/mol. The summed E-state index contributed by atoms with van der Waals surface area (Å²) >= 11 is 0. The number of hydrogen-bond donors (Lipinski definition) is 2. The van der Waals surface area contributed by atoms with Crippen LogP contribution in [0.2, 0.25) is 0 Å². The zero-order valence-corrected chi connectivity index (χ0v) is 10.8. The Kier molecular flexibility index (Phi) is 3.24. The van der Waals surface area contributed by atoms with E-state index in [1.807, 2.05) is 19.3 Å². The van der Waals surface area contributed by atoms with Gasteiger partial charge in [-0.1, -0.05) is 0 Å². The molecule has 0 aliphatic rings. The highest BCUT2D eigenvalue weighted by atomic mass is 15.3. The van der Waals surface area contributed by atoms with Gasteiger partial charge in [-0.25, -0.2) is 9.97 Å². The molecule has 3 rings (SSSR count). The molecule has 0 aliphatic heterocycles. The Morgan fingerprint density at radius 2 is 2.32 bits per heavy atom. The van der Waals surface area contributed by atoms with Crippen molar-refractivity contribution in [2.24, 2.45) is 7.05 Å². The predicted octanol–water partition coefficient (Wildman–Crippen LogP) is 1.02. The third-order valence-electron chi connectivity index (χ3n) is 3.02. The first kappa shape index (κ1) is 11.9. The van der Waals surface area contributed by atoms with Crippen molar-refractivity contribution in [1.82, 2.24) is 30.0 Å². The van der Waals surface area contributed by atoms with E-state index in [9.17, 15) is 0 Å². The van der Waals surface area contributed by atoms with Crippen LogP contribution < -0.4 is 5.32 Å². The van der Waals surface area contributed by atoms with Crippen LogP contribution in [0.15, 0.2) is 30.9 Å². The molecular formula is C13H16N6. The number of nitrogens with zero attached hydrogens (tertiary/aromatic N) is 4. The SMILES string of the molecule is Cn1cnc(CCNCc2c[nH]c3ncccc23)n1. The summed E-state index contributed by atoms with van der Waals surface area (Å²) in [5.74, 6) is 0.871. The van der Waals surface area contributed by atoms with Gasteiger partial charge >= 0.3 is 0 Å². The average molecular weight is 256 g/mol. The van der Waals surface area contributed by atoms with Crippen molar-refractivity contribution in [1.29, 1.82) is 0 Å². The van der Waals surface area contributed by atoms with Gasteiger partial charge in [-0.05, 0) is 17.7 Å². The van der Waals surface area contributed by atoms with Crippen LogP contribution in [0.1, 0.15) is 11.4 Å². The number of aromatic nitrogens is 5. The summed E-state index contributed by atoms with van der Waals surface area (Å²) in [6.07, 6.45) is 6.36. The van der Waals surface area contributed by atoms with Crippen LogP contribution in [0, 0.1) is 0 Å². The maximum atomic E-state index is 4.27. The molecule has 0 aliphatic carbocycles. The fourth-order valence-electron chi connectivity index (χ4n) is 2.08. The summed E-state index contributed by atoms with van der Waals surface area (Å²) in [6, 6.07) is 4.04. The van der Waals surface area contributed by atoms with Crippen molar-refractivity contribution >= 4 is 11.0 Å². The summed E-state index contributed by atoms with van der Waals surface area (Å²) in [5.41, 5.74) is 2.17. The lowest BCUT2D eigenvalue weighted by molar-refractivity contribution is 0.663. The molecule has 0 bridgehead atoms. The van der Waals surface area contributed by atoms with Crippen molar-refractivity contribution < 1.29 is 0 Å². The van der Waals surface area contributed by atoms with Gasteiger partial charge in [0.05, 0.1) is 0 Å². The molecule has 0 atom stereocenters. The summed E-state index contributed by atoms with van der Waals surface area (Å²) in [6.45, 7) is 1.68. The Morgan fingerprint density at radius 1 is 1.37 bits per heavy atom. The van der Waals surface area contributed by atoms with Crippen LogP contribution in [-0.4, -0.2) is 31.3 Å². The Balaban J connectivity index is 1.55. The zero-order chi connectivity index (χ0) is 13.1. The van der Waals surface area contributed by atoms with Gasteiger partial charge in [0.2, 0.25) is 0 Å². The second-order valence-electron chi connectivity index (χ2n) is 4.47. The molecule has 2 N–H and O–H groups in total. The van der Waals surface area contributed by atoms with E-state index in [0.717, 1.165) is 31.0 Å². The van der Waals surface area contributed by atoms with E-state index in [-0.39, 0.29) is 0 Å². The molecule has 6 heteroatoms. The number of fused-ring (bicyclic) bond motifs is 1. The van der Waals surface area contributed by atoms with Crippen molar-refractivity contribution in [2.45, 2.75) is 13.0 Å². The van der Waals surface area contributed by atoms with E-state index < -0.39 is 0 Å². The molecule has 3 heterocycles. The van der Waals surface area contributed by atoms with E-state index in [4.69, 9.17) is 0 Å². The van der Waals surface area contributed by atoms with Crippen molar-refractivity contribution in [3.8, 4) is 0 Å². The molecular weight excluding hydrogens is 240 g/mol. The number of aryl methyl sites for hydroxylation is 1. The fraction of sp³-hybridized carbons (Fsp3) is 0.308. The van der Waals surface area contributed by atoms with Gasteiger partial charge in [-0.3, -0.25) is 4.68 Å². The number of hydrogen-bond acceptors (Lipinski definition) is 4. The van der Waals surface area contributed by atoms with Crippen LogP contribution in [0.5, 0.6) is 0 Å². The van der Waals surface area contributed by atoms with Crippen LogP contribution in [-0.2, 0) is 20.0 Å². The molecule has 19 heavy (non-hydrogen) atoms. The molecule has 0 saturated carbocycles. The Morgan fingerprint density at radius 3 is 3.16 bits per heavy atom. The standard InChI is InChI=1S/C13H16N6/c1-19-9-17-12(18-19)4-6-14-7-10-8-16-13-11(10)3-2-5-15-13/h2-3,5,8-9,14H,4,6-7H2,1H3,(H,15,16). The van der Waals surface area contributed by atoms with E-state index in [1.54, 1.807) is 17.2 Å². The number of nitrogens with one attached hydrogen (secondary N) is 2. The summed E-state index contributed by atoms with van der Waals surface area (Å²) in [4.78, 5) is 11.6. The Hall–Kier alpha value is -2.21. The molecule has 3 aromatic heterocycles. The smallest absolute Gasteiger partial charge is 0.151 e. The van der Waals surface area contributed by atoms with Crippen molar-refractivity contribution in [3.05, 3.63) is 42.2 Å². The summed E-state index contributed by atoms with van der Waals surface area (Å²) in [5, 5.41) is 8.82. The normalized spacial score (nSPS) is 11.2. The molecule has 0 fully saturated rings. The first-order valence-corrected chi connectivity index (χ1v) is 6.29. The molecule has 0 amide bonds. The van der Waals surface area contributed by atoms with Gasteiger partial charge in [-0.15, -0.1) is 0 Å². The Bertz CT molecular complexity index is 668. The second kappa shape index (κ2) is 5.19. The number of H-pyrrole nitrogens is 1. The minimum absolute atomic E-state index is 0.818. The maximum absolute atomic E-state index is 4.27. The van der Waals surface area contributed by atoms with Gasteiger partial charge in [0.1, 0.15) is 12.0 Å². The molecule has 98 valence electrons. The number of pyridine rings is 1. The molecule has 3 aromatic rings. The predicted molar refractivity (Wildman–Crippen MR) is 72.5 cm³/mol. The minimum Gasteiger partial charge on any atom is -0.346 e. The minimum atomic E-state index is 0.818. The molecule has 0 spiro atoms. The third kappa shape index (κ3) is 2.63. The van der Waals surface area contributed by atoms with Gasteiger partial charge in [0.25, 0.3) is 0 Å². The van der Waals surface area contributed by atoms with E-state index in [0.29, 0.717) is 0 Å². The van der Waals surface area contributed by atoms with Gasteiger partial charge < -0.3 is 10.3 Å². The van der Waals surface area contributed by atoms with Crippen LogP contribution in [0.3, 0.4) is 0 Å². The third-order valence-corrected chi connectivity index (χ3v) is 3.02. The van der Waals surface area contributed by atoms with Crippen LogP contribution in [0.25, 0.3) is 11.0 Å². The quantitative estimate of drug-likeness (QED) is 0.669. The lowest BCUT2D eigenvalue weighted by atomic mass is 10.2. The van der Waals surface area contributed by atoms with Gasteiger partial charge in [0.15, 0.2) is 5.82 Å². The van der Waals surface area contributed by atoms with E-state index in [2.05, 4.69) is 31.4 Å². The molecule has 0 saturated heterocycles. The summed E-state index contributed by atoms with van der Waals surface area (Å²) in [7, 11) is 1.88.